The summed E-state index contributed by atoms with van der Waals surface area (Å²) < 4.78 is 27.6. The molecule has 0 aliphatic rings. The standard InChI is InChI=1S/C22H21ClN2O3S/c1-16-5-4-7-19(15-16)25-29(27,28)20-12-10-18(11-13-20)24-22(26)14-9-17-6-2-3-8-21(17)23/h2-8,10-13,15,25H,9,14H2,1H3,(H,24,26). The molecule has 0 aliphatic carbocycles. The molecule has 0 atom stereocenters. The van der Waals surface area contributed by atoms with Crippen LogP contribution in [0, 0.1) is 6.92 Å². The predicted molar refractivity (Wildman–Crippen MR) is 117 cm³/mol. The summed E-state index contributed by atoms with van der Waals surface area (Å²) in [6, 6.07) is 20.6. The lowest BCUT2D eigenvalue weighted by Gasteiger charge is -2.10. The molecule has 3 aromatic carbocycles. The van der Waals surface area contributed by atoms with E-state index in [1.54, 1.807) is 36.4 Å². The highest BCUT2D eigenvalue weighted by atomic mass is 35.5. The van der Waals surface area contributed by atoms with E-state index in [4.69, 9.17) is 11.6 Å². The van der Waals surface area contributed by atoms with Crippen molar-refractivity contribution in [1.29, 1.82) is 0 Å². The second kappa shape index (κ2) is 9.11. The van der Waals surface area contributed by atoms with Crippen LogP contribution in [-0.4, -0.2) is 14.3 Å². The fourth-order valence-electron chi connectivity index (χ4n) is 2.81. The third kappa shape index (κ3) is 5.82. The maximum atomic E-state index is 12.5. The Balaban J connectivity index is 1.60. The van der Waals surface area contributed by atoms with Gasteiger partial charge in [-0.05, 0) is 66.9 Å². The number of anilines is 2. The molecule has 0 saturated heterocycles. The molecule has 0 spiro atoms. The first-order valence-electron chi connectivity index (χ1n) is 9.06. The third-order valence-electron chi connectivity index (χ3n) is 4.30. The van der Waals surface area contributed by atoms with Crippen LogP contribution in [0.3, 0.4) is 0 Å². The number of benzene rings is 3. The average Bonchev–Trinajstić information content (AvgIpc) is 2.67. The van der Waals surface area contributed by atoms with Gasteiger partial charge < -0.3 is 5.32 Å². The van der Waals surface area contributed by atoms with Crippen molar-refractivity contribution in [2.45, 2.75) is 24.7 Å². The summed E-state index contributed by atoms with van der Waals surface area (Å²) in [6.45, 7) is 1.89. The zero-order valence-corrected chi connectivity index (χ0v) is 17.4. The van der Waals surface area contributed by atoms with Crippen molar-refractivity contribution in [3.8, 4) is 0 Å². The Hall–Kier alpha value is -2.83. The minimum atomic E-state index is -3.70. The topological polar surface area (TPSA) is 75.3 Å². The number of hydrogen-bond donors (Lipinski definition) is 2. The summed E-state index contributed by atoms with van der Waals surface area (Å²) >= 11 is 6.10. The molecule has 150 valence electrons. The summed E-state index contributed by atoms with van der Waals surface area (Å²) in [5, 5.41) is 3.41. The number of carbonyl (C=O) groups is 1. The first-order chi connectivity index (χ1) is 13.8. The van der Waals surface area contributed by atoms with Gasteiger partial charge in [-0.1, -0.05) is 41.9 Å². The van der Waals surface area contributed by atoms with Crippen LogP contribution in [0.4, 0.5) is 11.4 Å². The van der Waals surface area contributed by atoms with Crippen LogP contribution in [0.2, 0.25) is 5.02 Å². The van der Waals surface area contributed by atoms with E-state index >= 15 is 0 Å². The quantitative estimate of drug-likeness (QED) is 0.554. The largest absolute Gasteiger partial charge is 0.326 e. The smallest absolute Gasteiger partial charge is 0.261 e. The number of sulfonamides is 1. The first-order valence-corrected chi connectivity index (χ1v) is 10.9. The molecule has 0 saturated carbocycles. The highest BCUT2D eigenvalue weighted by molar-refractivity contribution is 7.92. The summed E-state index contributed by atoms with van der Waals surface area (Å²) in [6.07, 6.45) is 0.803. The summed E-state index contributed by atoms with van der Waals surface area (Å²) in [5.41, 5.74) is 2.90. The predicted octanol–water partition coefficient (Wildman–Crippen LogP) is 5.02. The van der Waals surface area contributed by atoms with E-state index in [0.29, 0.717) is 22.8 Å². The van der Waals surface area contributed by atoms with Crippen LogP contribution in [0.25, 0.3) is 0 Å². The maximum absolute atomic E-state index is 12.5. The lowest BCUT2D eigenvalue weighted by Crippen LogP contribution is -2.14. The highest BCUT2D eigenvalue weighted by Gasteiger charge is 2.14. The Morgan fingerprint density at radius 1 is 0.931 bits per heavy atom. The van der Waals surface area contributed by atoms with Gasteiger partial charge in [-0.2, -0.15) is 0 Å². The number of nitrogens with one attached hydrogen (secondary N) is 2. The lowest BCUT2D eigenvalue weighted by atomic mass is 10.1. The number of hydrogen-bond acceptors (Lipinski definition) is 3. The highest BCUT2D eigenvalue weighted by Crippen LogP contribution is 2.20. The fourth-order valence-corrected chi connectivity index (χ4v) is 4.09. The van der Waals surface area contributed by atoms with Crippen molar-refractivity contribution in [2.75, 3.05) is 10.0 Å². The number of halogens is 1. The maximum Gasteiger partial charge on any atom is 0.261 e. The molecule has 2 N–H and O–H groups in total. The van der Waals surface area contributed by atoms with Gasteiger partial charge in [0, 0.05) is 22.8 Å². The minimum Gasteiger partial charge on any atom is -0.326 e. The van der Waals surface area contributed by atoms with E-state index < -0.39 is 10.0 Å². The van der Waals surface area contributed by atoms with Crippen LogP contribution in [0.1, 0.15) is 17.5 Å². The molecule has 0 heterocycles. The zero-order valence-electron chi connectivity index (χ0n) is 15.9. The second-order valence-corrected chi connectivity index (χ2v) is 8.73. The Bertz CT molecular complexity index is 1110. The Morgan fingerprint density at radius 3 is 2.34 bits per heavy atom. The molecule has 0 aromatic heterocycles. The van der Waals surface area contributed by atoms with Gasteiger partial charge in [0.2, 0.25) is 5.91 Å². The van der Waals surface area contributed by atoms with Crippen molar-refractivity contribution in [1.82, 2.24) is 0 Å². The Morgan fingerprint density at radius 2 is 1.66 bits per heavy atom. The molecular formula is C22H21ClN2O3S. The summed E-state index contributed by atoms with van der Waals surface area (Å²) in [4.78, 5) is 12.3. The average molecular weight is 429 g/mol. The van der Waals surface area contributed by atoms with Crippen LogP contribution >= 0.6 is 11.6 Å². The molecule has 7 heteroatoms. The number of rotatable bonds is 7. The van der Waals surface area contributed by atoms with Crippen LogP contribution in [0.15, 0.2) is 77.7 Å². The molecule has 5 nitrogen and oxygen atoms in total. The molecule has 3 aromatic rings. The van der Waals surface area contributed by atoms with E-state index in [9.17, 15) is 13.2 Å². The molecule has 0 radical (unpaired) electrons. The van der Waals surface area contributed by atoms with Gasteiger partial charge in [-0.3, -0.25) is 9.52 Å². The number of aryl methyl sites for hydroxylation is 2. The van der Waals surface area contributed by atoms with E-state index in [1.807, 2.05) is 31.2 Å². The SMILES string of the molecule is Cc1cccc(NS(=O)(=O)c2ccc(NC(=O)CCc3ccccc3Cl)cc2)c1. The van der Waals surface area contributed by atoms with Gasteiger partial charge in [0.15, 0.2) is 0 Å². The zero-order chi connectivity index (χ0) is 20.9. The van der Waals surface area contributed by atoms with Gasteiger partial charge in [0.05, 0.1) is 4.90 Å². The van der Waals surface area contributed by atoms with Crippen molar-refractivity contribution in [2.24, 2.45) is 0 Å². The number of carbonyl (C=O) groups excluding carboxylic acids is 1. The van der Waals surface area contributed by atoms with Crippen LogP contribution < -0.4 is 10.0 Å². The van der Waals surface area contributed by atoms with Crippen molar-refractivity contribution in [3.05, 3.63) is 88.9 Å². The fraction of sp³-hybridized carbons (Fsp3) is 0.136. The van der Waals surface area contributed by atoms with E-state index in [2.05, 4.69) is 10.0 Å². The summed E-state index contributed by atoms with van der Waals surface area (Å²) in [5.74, 6) is -0.168. The van der Waals surface area contributed by atoms with Gasteiger partial charge in [-0.25, -0.2) is 8.42 Å². The normalized spacial score (nSPS) is 11.1. The van der Waals surface area contributed by atoms with Crippen LogP contribution in [-0.2, 0) is 21.2 Å². The molecular weight excluding hydrogens is 408 g/mol. The van der Waals surface area contributed by atoms with Crippen molar-refractivity contribution in [3.63, 3.8) is 0 Å². The number of amides is 1. The van der Waals surface area contributed by atoms with Gasteiger partial charge in [-0.15, -0.1) is 0 Å². The molecule has 0 fully saturated rings. The van der Waals surface area contributed by atoms with E-state index in [1.165, 1.54) is 12.1 Å². The molecule has 0 unspecified atom stereocenters. The first kappa shape index (κ1) is 20.9. The third-order valence-corrected chi connectivity index (χ3v) is 6.06. The van der Waals surface area contributed by atoms with E-state index in [-0.39, 0.29) is 17.2 Å². The Labute approximate surface area is 175 Å². The summed E-state index contributed by atoms with van der Waals surface area (Å²) in [7, 11) is -3.70. The Kier molecular flexibility index (Phi) is 6.56. The van der Waals surface area contributed by atoms with Crippen molar-refractivity contribution >= 4 is 38.9 Å². The van der Waals surface area contributed by atoms with E-state index in [0.717, 1.165) is 11.1 Å². The molecule has 0 aliphatic heterocycles. The van der Waals surface area contributed by atoms with Gasteiger partial charge in [0.1, 0.15) is 0 Å². The lowest BCUT2D eigenvalue weighted by molar-refractivity contribution is -0.116. The second-order valence-electron chi connectivity index (χ2n) is 6.64. The monoisotopic (exact) mass is 428 g/mol. The molecule has 0 bridgehead atoms. The van der Waals surface area contributed by atoms with Gasteiger partial charge in [0.25, 0.3) is 10.0 Å². The van der Waals surface area contributed by atoms with Crippen LogP contribution in [0.5, 0.6) is 0 Å². The van der Waals surface area contributed by atoms with Gasteiger partial charge >= 0.3 is 0 Å². The van der Waals surface area contributed by atoms with Crippen molar-refractivity contribution < 1.29 is 13.2 Å². The molecule has 1 amide bonds. The molecule has 3 rings (SSSR count). The molecule has 29 heavy (non-hydrogen) atoms. The minimum absolute atomic E-state index is 0.119.